The summed E-state index contributed by atoms with van der Waals surface area (Å²) in [4.78, 5) is 16.4. The molecule has 0 spiro atoms. The Bertz CT molecular complexity index is 419. The lowest BCUT2D eigenvalue weighted by molar-refractivity contribution is 0.0934. The number of halogens is 1. The third-order valence-corrected chi connectivity index (χ3v) is 4.09. The van der Waals surface area contributed by atoms with Gasteiger partial charge < -0.3 is 5.32 Å². The zero-order valence-electron chi connectivity index (χ0n) is 9.70. The Morgan fingerprint density at radius 2 is 2.24 bits per heavy atom. The van der Waals surface area contributed by atoms with Gasteiger partial charge in [-0.05, 0) is 41.1 Å². The maximum absolute atomic E-state index is 12.1. The lowest BCUT2D eigenvalue weighted by Gasteiger charge is -2.13. The number of pyridine rings is 1. The molecule has 92 valence electrons. The normalized spacial score (nSPS) is 16.1. The molecule has 0 aliphatic heterocycles. The Kier molecular flexibility index (Phi) is 4.45. The molecule has 17 heavy (non-hydrogen) atoms. The molecule has 0 saturated heterocycles. The maximum Gasteiger partial charge on any atom is 0.254 e. The first-order chi connectivity index (χ1) is 8.20. The molecule has 0 radical (unpaired) electrons. The van der Waals surface area contributed by atoms with Crippen molar-refractivity contribution in [1.82, 2.24) is 10.3 Å². The van der Waals surface area contributed by atoms with Gasteiger partial charge in [-0.25, -0.2) is 4.98 Å². The molecule has 1 N–H and O–H groups in total. The fourth-order valence-corrected chi connectivity index (χ4v) is 2.95. The van der Waals surface area contributed by atoms with Crippen LogP contribution in [0.3, 0.4) is 0 Å². The lowest BCUT2D eigenvalue weighted by atomic mass is 10.2. The molecule has 1 amide bonds. The Balaban J connectivity index is 2.14. The van der Waals surface area contributed by atoms with E-state index in [1.54, 1.807) is 6.20 Å². The van der Waals surface area contributed by atoms with E-state index in [9.17, 15) is 4.79 Å². The van der Waals surface area contributed by atoms with E-state index in [-0.39, 0.29) is 5.91 Å². The summed E-state index contributed by atoms with van der Waals surface area (Å²) in [6, 6.07) is 2.18. The van der Waals surface area contributed by atoms with Crippen molar-refractivity contribution in [1.29, 1.82) is 0 Å². The van der Waals surface area contributed by atoms with Crippen LogP contribution in [-0.2, 0) is 0 Å². The van der Waals surface area contributed by atoms with E-state index in [1.165, 1.54) is 24.6 Å². The van der Waals surface area contributed by atoms with E-state index in [4.69, 9.17) is 0 Å². The van der Waals surface area contributed by atoms with Crippen molar-refractivity contribution in [3.05, 3.63) is 22.3 Å². The molecule has 5 heteroatoms. The fraction of sp³-hybridized carbons (Fsp3) is 0.500. The third kappa shape index (κ3) is 3.22. The van der Waals surface area contributed by atoms with Crippen molar-refractivity contribution >= 4 is 33.6 Å². The monoisotopic (exact) mass is 314 g/mol. The first-order valence-electron chi connectivity index (χ1n) is 5.71. The van der Waals surface area contributed by atoms with Crippen LogP contribution in [0.25, 0.3) is 0 Å². The summed E-state index contributed by atoms with van der Waals surface area (Å²) in [6.45, 7) is 0. The van der Waals surface area contributed by atoms with E-state index in [1.807, 2.05) is 12.3 Å². The van der Waals surface area contributed by atoms with Gasteiger partial charge in [0.05, 0.1) is 5.56 Å². The van der Waals surface area contributed by atoms with E-state index < -0.39 is 0 Å². The quantitative estimate of drug-likeness (QED) is 0.871. The summed E-state index contributed by atoms with van der Waals surface area (Å²) >= 11 is 4.85. The molecule has 0 atom stereocenters. The van der Waals surface area contributed by atoms with Gasteiger partial charge in [-0.2, -0.15) is 0 Å². The molecule has 1 aliphatic rings. The third-order valence-electron chi connectivity index (χ3n) is 2.95. The highest BCUT2D eigenvalue weighted by molar-refractivity contribution is 9.10. The SMILES string of the molecule is CSc1ncc(Br)cc1C(=O)NC1CCCC1. The largest absolute Gasteiger partial charge is 0.349 e. The van der Waals surface area contributed by atoms with Crippen LogP contribution >= 0.6 is 27.7 Å². The predicted octanol–water partition coefficient (Wildman–Crippen LogP) is 3.24. The minimum Gasteiger partial charge on any atom is -0.349 e. The summed E-state index contributed by atoms with van der Waals surface area (Å²) in [5.74, 6) is -0.00458. The Labute approximate surface area is 114 Å². The second kappa shape index (κ2) is 5.87. The van der Waals surface area contributed by atoms with E-state index >= 15 is 0 Å². The van der Waals surface area contributed by atoms with Crippen LogP contribution in [0, 0.1) is 0 Å². The standard InChI is InChI=1S/C12H15BrN2OS/c1-17-12-10(6-8(13)7-14-12)11(16)15-9-4-2-3-5-9/h6-7,9H,2-5H2,1H3,(H,15,16). The number of thioether (sulfide) groups is 1. The van der Waals surface area contributed by atoms with Gasteiger partial charge in [-0.15, -0.1) is 11.8 Å². The van der Waals surface area contributed by atoms with Crippen LogP contribution in [-0.4, -0.2) is 23.2 Å². The van der Waals surface area contributed by atoms with Crippen molar-refractivity contribution in [2.75, 3.05) is 6.26 Å². The number of carbonyl (C=O) groups is 1. The second-order valence-corrected chi connectivity index (χ2v) is 5.88. The van der Waals surface area contributed by atoms with Crippen molar-refractivity contribution in [3.8, 4) is 0 Å². The van der Waals surface area contributed by atoms with Gasteiger partial charge >= 0.3 is 0 Å². The van der Waals surface area contributed by atoms with Crippen molar-refractivity contribution in [2.24, 2.45) is 0 Å². The van der Waals surface area contributed by atoms with Gasteiger partial charge in [-0.1, -0.05) is 12.8 Å². The van der Waals surface area contributed by atoms with Gasteiger partial charge in [0.15, 0.2) is 0 Å². The number of amides is 1. The molecular formula is C12H15BrN2OS. The first-order valence-corrected chi connectivity index (χ1v) is 7.73. The molecule has 1 aromatic heterocycles. The fourth-order valence-electron chi connectivity index (χ4n) is 2.09. The maximum atomic E-state index is 12.1. The van der Waals surface area contributed by atoms with Gasteiger partial charge in [0.25, 0.3) is 5.91 Å². The zero-order chi connectivity index (χ0) is 12.3. The van der Waals surface area contributed by atoms with Crippen molar-refractivity contribution in [2.45, 2.75) is 36.8 Å². The molecule has 0 aromatic carbocycles. The highest BCUT2D eigenvalue weighted by atomic mass is 79.9. The Hall–Kier alpha value is -0.550. The molecule has 1 saturated carbocycles. The highest BCUT2D eigenvalue weighted by Gasteiger charge is 2.20. The minimum atomic E-state index is -0.00458. The zero-order valence-corrected chi connectivity index (χ0v) is 12.1. The summed E-state index contributed by atoms with van der Waals surface area (Å²) in [6.07, 6.45) is 8.29. The molecule has 1 aliphatic carbocycles. The molecule has 2 rings (SSSR count). The van der Waals surface area contributed by atoms with Crippen LogP contribution in [0.15, 0.2) is 21.8 Å². The van der Waals surface area contributed by atoms with Crippen molar-refractivity contribution < 1.29 is 4.79 Å². The topological polar surface area (TPSA) is 42.0 Å². The van der Waals surface area contributed by atoms with E-state index in [0.29, 0.717) is 11.6 Å². The summed E-state index contributed by atoms with van der Waals surface area (Å²) in [7, 11) is 0. The first kappa shape index (κ1) is 12.9. The molecule has 1 aromatic rings. The number of hydrogen-bond acceptors (Lipinski definition) is 3. The van der Waals surface area contributed by atoms with E-state index in [2.05, 4.69) is 26.2 Å². The van der Waals surface area contributed by atoms with Crippen LogP contribution in [0.2, 0.25) is 0 Å². The molecular weight excluding hydrogens is 300 g/mol. The van der Waals surface area contributed by atoms with E-state index in [0.717, 1.165) is 22.3 Å². The second-order valence-electron chi connectivity index (χ2n) is 4.17. The van der Waals surface area contributed by atoms with Crippen LogP contribution in [0.1, 0.15) is 36.0 Å². The molecule has 1 fully saturated rings. The molecule has 0 bridgehead atoms. The number of carbonyl (C=O) groups excluding carboxylic acids is 1. The molecule has 3 nitrogen and oxygen atoms in total. The highest BCUT2D eigenvalue weighted by Crippen LogP contribution is 2.23. The Morgan fingerprint density at radius 3 is 2.88 bits per heavy atom. The number of hydrogen-bond donors (Lipinski definition) is 1. The molecule has 1 heterocycles. The average Bonchev–Trinajstić information content (AvgIpc) is 2.81. The van der Waals surface area contributed by atoms with Gasteiger partial charge in [0.2, 0.25) is 0 Å². The summed E-state index contributed by atoms with van der Waals surface area (Å²) in [5.41, 5.74) is 0.666. The average molecular weight is 315 g/mol. The Morgan fingerprint density at radius 1 is 1.53 bits per heavy atom. The lowest BCUT2D eigenvalue weighted by Crippen LogP contribution is -2.33. The number of nitrogens with zero attached hydrogens (tertiary/aromatic N) is 1. The number of nitrogens with one attached hydrogen (secondary N) is 1. The molecule has 0 unspecified atom stereocenters. The van der Waals surface area contributed by atoms with Gasteiger partial charge in [0, 0.05) is 16.7 Å². The predicted molar refractivity (Wildman–Crippen MR) is 73.4 cm³/mol. The van der Waals surface area contributed by atoms with Crippen molar-refractivity contribution in [3.63, 3.8) is 0 Å². The smallest absolute Gasteiger partial charge is 0.254 e. The van der Waals surface area contributed by atoms with Gasteiger partial charge in [-0.3, -0.25) is 4.79 Å². The van der Waals surface area contributed by atoms with Gasteiger partial charge in [0.1, 0.15) is 5.03 Å². The number of rotatable bonds is 3. The summed E-state index contributed by atoms with van der Waals surface area (Å²) < 4.78 is 0.840. The number of aromatic nitrogens is 1. The van der Waals surface area contributed by atoms with Crippen LogP contribution in [0.5, 0.6) is 0 Å². The van der Waals surface area contributed by atoms with Crippen LogP contribution in [0.4, 0.5) is 0 Å². The van der Waals surface area contributed by atoms with Crippen LogP contribution < -0.4 is 5.32 Å². The minimum absolute atomic E-state index is 0.00458. The summed E-state index contributed by atoms with van der Waals surface area (Å²) in [5, 5.41) is 3.87.